The van der Waals surface area contributed by atoms with Crippen LogP contribution in [0, 0.1) is 13.8 Å². The van der Waals surface area contributed by atoms with Gasteiger partial charge in [0.05, 0.1) is 4.47 Å². The van der Waals surface area contributed by atoms with Crippen molar-refractivity contribution in [3.63, 3.8) is 0 Å². The highest BCUT2D eigenvalue weighted by atomic mass is 79.9. The number of carbonyl (C=O) groups is 3. The van der Waals surface area contributed by atoms with Gasteiger partial charge in [0, 0.05) is 5.69 Å². The van der Waals surface area contributed by atoms with Crippen molar-refractivity contribution in [1.29, 1.82) is 0 Å². The van der Waals surface area contributed by atoms with E-state index < -0.39 is 17.8 Å². The molecule has 1 aliphatic rings. The molecule has 3 aromatic rings. The summed E-state index contributed by atoms with van der Waals surface area (Å²) in [5.74, 6) is -0.369. The Morgan fingerprint density at radius 2 is 1.80 bits per heavy atom. The fraction of sp³-hybridized carbons (Fsp3) is 0.148. The van der Waals surface area contributed by atoms with E-state index in [1.54, 1.807) is 36.4 Å². The number of hydrogen-bond acceptors (Lipinski definition) is 4. The quantitative estimate of drug-likeness (QED) is 0.323. The first-order chi connectivity index (χ1) is 16.8. The molecule has 8 heteroatoms. The van der Waals surface area contributed by atoms with E-state index in [4.69, 9.17) is 4.74 Å². The summed E-state index contributed by atoms with van der Waals surface area (Å²) in [6.07, 6.45) is 1.56. The van der Waals surface area contributed by atoms with Gasteiger partial charge in [-0.15, -0.1) is 0 Å². The molecule has 3 aromatic carbocycles. The van der Waals surface area contributed by atoms with Crippen LogP contribution in [0.4, 0.5) is 10.5 Å². The summed E-state index contributed by atoms with van der Waals surface area (Å²) in [7, 11) is 0. The lowest BCUT2D eigenvalue weighted by atomic mass is 10.1. The van der Waals surface area contributed by atoms with E-state index in [1.807, 2.05) is 44.2 Å². The van der Waals surface area contributed by atoms with Gasteiger partial charge in [0.15, 0.2) is 0 Å². The summed E-state index contributed by atoms with van der Waals surface area (Å²) < 4.78 is 6.61. The van der Waals surface area contributed by atoms with Gasteiger partial charge in [-0.05, 0) is 71.2 Å². The number of benzene rings is 3. The number of nitrogens with zero attached hydrogens (tertiary/aromatic N) is 1. The normalized spacial score (nSPS) is 14.3. The molecule has 0 saturated carbocycles. The maximum Gasteiger partial charge on any atom is 0.329 e. The first-order valence-corrected chi connectivity index (χ1v) is 11.8. The number of aryl methyl sites for hydroxylation is 2. The Bertz CT molecular complexity index is 1320. The van der Waals surface area contributed by atoms with Crippen molar-refractivity contribution in [2.75, 3.05) is 11.9 Å². The Hall–Kier alpha value is -3.91. The average Bonchev–Trinajstić information content (AvgIpc) is 3.07. The minimum Gasteiger partial charge on any atom is -0.488 e. The van der Waals surface area contributed by atoms with Gasteiger partial charge in [-0.3, -0.25) is 9.59 Å². The minimum absolute atomic E-state index is 0.0958. The maximum absolute atomic E-state index is 12.7. The van der Waals surface area contributed by atoms with E-state index in [-0.39, 0.29) is 12.2 Å². The van der Waals surface area contributed by atoms with Crippen molar-refractivity contribution >= 4 is 45.5 Å². The van der Waals surface area contributed by atoms with E-state index in [2.05, 4.69) is 32.6 Å². The number of amides is 4. The summed E-state index contributed by atoms with van der Waals surface area (Å²) in [6, 6.07) is 20.1. The van der Waals surface area contributed by atoms with Gasteiger partial charge >= 0.3 is 6.03 Å². The van der Waals surface area contributed by atoms with Crippen molar-refractivity contribution in [3.05, 3.63) is 99.2 Å². The Morgan fingerprint density at radius 1 is 1.03 bits per heavy atom. The molecule has 0 bridgehead atoms. The lowest BCUT2D eigenvalue weighted by Crippen LogP contribution is -2.38. The number of anilines is 1. The molecule has 1 heterocycles. The van der Waals surface area contributed by atoms with Crippen LogP contribution >= 0.6 is 15.9 Å². The zero-order valence-corrected chi connectivity index (χ0v) is 20.9. The van der Waals surface area contributed by atoms with Crippen LogP contribution in [0.1, 0.15) is 22.3 Å². The first-order valence-electron chi connectivity index (χ1n) is 11.0. The van der Waals surface area contributed by atoms with Crippen LogP contribution in [0.2, 0.25) is 0 Å². The van der Waals surface area contributed by atoms with E-state index in [0.29, 0.717) is 28.1 Å². The zero-order chi connectivity index (χ0) is 24.9. The number of rotatable bonds is 7. The van der Waals surface area contributed by atoms with Crippen molar-refractivity contribution in [3.8, 4) is 5.75 Å². The molecular weight excluding hydrogens is 510 g/mol. The Morgan fingerprint density at radius 3 is 2.51 bits per heavy atom. The fourth-order valence-corrected chi connectivity index (χ4v) is 4.06. The average molecular weight is 534 g/mol. The van der Waals surface area contributed by atoms with E-state index in [0.717, 1.165) is 21.6 Å². The predicted octanol–water partition coefficient (Wildman–Crippen LogP) is 5.18. The van der Waals surface area contributed by atoms with Crippen LogP contribution in [-0.2, 0) is 16.2 Å². The Kier molecular flexibility index (Phi) is 7.31. The van der Waals surface area contributed by atoms with Gasteiger partial charge in [0.25, 0.3) is 5.91 Å². The molecule has 1 aliphatic heterocycles. The van der Waals surface area contributed by atoms with Crippen LogP contribution < -0.4 is 15.4 Å². The zero-order valence-electron chi connectivity index (χ0n) is 19.3. The van der Waals surface area contributed by atoms with Crippen molar-refractivity contribution < 1.29 is 19.1 Å². The molecule has 35 heavy (non-hydrogen) atoms. The van der Waals surface area contributed by atoms with Crippen LogP contribution in [0.25, 0.3) is 6.08 Å². The maximum atomic E-state index is 12.7. The molecule has 0 aromatic heterocycles. The Balaban J connectivity index is 1.39. The molecule has 4 rings (SSSR count). The number of hydrogen-bond donors (Lipinski definition) is 2. The molecule has 1 fully saturated rings. The first kappa shape index (κ1) is 24.2. The summed E-state index contributed by atoms with van der Waals surface area (Å²) in [6.45, 7) is 4.01. The molecule has 1 saturated heterocycles. The fourth-order valence-electron chi connectivity index (χ4n) is 3.55. The molecule has 0 unspecified atom stereocenters. The van der Waals surface area contributed by atoms with Crippen LogP contribution in [-0.4, -0.2) is 29.3 Å². The molecule has 178 valence electrons. The van der Waals surface area contributed by atoms with Crippen LogP contribution in [0.15, 0.2) is 76.9 Å². The second kappa shape index (κ2) is 10.6. The van der Waals surface area contributed by atoms with Crippen molar-refractivity contribution in [2.24, 2.45) is 0 Å². The molecule has 0 radical (unpaired) electrons. The molecule has 0 atom stereocenters. The third-order valence-electron chi connectivity index (χ3n) is 5.34. The topological polar surface area (TPSA) is 87.7 Å². The van der Waals surface area contributed by atoms with Gasteiger partial charge in [0.2, 0.25) is 5.91 Å². The van der Waals surface area contributed by atoms with Gasteiger partial charge in [-0.1, -0.05) is 53.6 Å². The lowest BCUT2D eigenvalue weighted by Gasteiger charge is -2.12. The number of nitrogens with one attached hydrogen (secondary N) is 2. The molecular formula is C27H24BrN3O4. The van der Waals surface area contributed by atoms with Gasteiger partial charge in [0.1, 0.15) is 24.6 Å². The summed E-state index contributed by atoms with van der Waals surface area (Å²) in [5, 5.41) is 5.23. The predicted molar refractivity (Wildman–Crippen MR) is 138 cm³/mol. The lowest BCUT2D eigenvalue weighted by molar-refractivity contribution is -0.127. The number of halogens is 1. The van der Waals surface area contributed by atoms with Gasteiger partial charge in [-0.2, -0.15) is 0 Å². The molecule has 7 nitrogen and oxygen atoms in total. The van der Waals surface area contributed by atoms with Crippen LogP contribution in [0.3, 0.4) is 0 Å². The van der Waals surface area contributed by atoms with E-state index in [9.17, 15) is 14.4 Å². The smallest absolute Gasteiger partial charge is 0.329 e. The van der Waals surface area contributed by atoms with E-state index in [1.165, 1.54) is 0 Å². The summed E-state index contributed by atoms with van der Waals surface area (Å²) in [5.41, 5.74) is 4.67. The third-order valence-corrected chi connectivity index (χ3v) is 5.96. The minimum atomic E-state index is -0.641. The second-order valence-corrected chi connectivity index (χ2v) is 9.12. The Labute approximate surface area is 211 Å². The van der Waals surface area contributed by atoms with Gasteiger partial charge < -0.3 is 15.4 Å². The van der Waals surface area contributed by atoms with Crippen molar-refractivity contribution in [2.45, 2.75) is 20.5 Å². The standard InChI is InChI=1S/C27H24BrN3O4/c1-17-6-9-21(10-7-17)29-25(32)15-31-26(33)23(30-27(31)34)14-19-8-11-24(22(28)13-19)35-16-20-5-3-4-18(2)12-20/h3-14H,15-16H2,1-2H3,(H,29,32)(H,30,34)/b23-14+. The largest absolute Gasteiger partial charge is 0.488 e. The molecule has 4 amide bonds. The summed E-state index contributed by atoms with van der Waals surface area (Å²) >= 11 is 3.50. The number of imide groups is 1. The van der Waals surface area contributed by atoms with Crippen LogP contribution in [0.5, 0.6) is 5.75 Å². The summed E-state index contributed by atoms with van der Waals surface area (Å²) in [4.78, 5) is 38.3. The highest BCUT2D eigenvalue weighted by Crippen LogP contribution is 2.28. The third kappa shape index (κ3) is 6.16. The molecule has 0 spiro atoms. The number of urea groups is 1. The highest BCUT2D eigenvalue weighted by molar-refractivity contribution is 9.10. The van der Waals surface area contributed by atoms with Gasteiger partial charge in [-0.25, -0.2) is 9.69 Å². The number of carbonyl (C=O) groups excluding carboxylic acids is 3. The van der Waals surface area contributed by atoms with Crippen molar-refractivity contribution in [1.82, 2.24) is 10.2 Å². The monoisotopic (exact) mass is 533 g/mol. The number of ether oxygens (including phenoxy) is 1. The second-order valence-electron chi connectivity index (χ2n) is 8.26. The SMILES string of the molecule is Cc1ccc(NC(=O)CN2C(=O)N/C(=C/c3ccc(OCc4cccc(C)c4)c(Br)c3)C2=O)cc1. The molecule has 2 N–H and O–H groups in total. The van der Waals surface area contributed by atoms with E-state index >= 15 is 0 Å². The highest BCUT2D eigenvalue weighted by Gasteiger charge is 2.34. The molecule has 0 aliphatic carbocycles.